The van der Waals surface area contributed by atoms with Crippen molar-refractivity contribution in [1.82, 2.24) is 10.2 Å². The lowest BCUT2D eigenvalue weighted by atomic mass is 10.1. The Morgan fingerprint density at radius 1 is 1.35 bits per heavy atom. The molecule has 0 spiro atoms. The topological polar surface area (TPSA) is 58.4 Å². The summed E-state index contributed by atoms with van der Waals surface area (Å²) in [6.07, 6.45) is 0.944. The number of anilines is 1. The predicted octanol–water partition coefficient (Wildman–Crippen LogP) is 1.26. The van der Waals surface area contributed by atoms with Crippen LogP contribution < -0.4 is 11.1 Å². The van der Waals surface area contributed by atoms with Crippen LogP contribution in [-0.2, 0) is 0 Å². The van der Waals surface area contributed by atoms with Crippen molar-refractivity contribution in [1.29, 1.82) is 0 Å². The molecule has 0 saturated carbocycles. The second-order valence-electron chi connectivity index (χ2n) is 4.55. The lowest BCUT2D eigenvalue weighted by molar-refractivity contribution is 0.0952. The number of nitrogens with zero attached hydrogens (tertiary/aromatic N) is 1. The molecule has 4 heteroatoms. The first kappa shape index (κ1) is 13.5. The molecule has 0 bridgehead atoms. The Balaban J connectivity index is 2.47. The van der Waals surface area contributed by atoms with Gasteiger partial charge in [0.05, 0.1) is 0 Å². The smallest absolute Gasteiger partial charge is 0.251 e. The van der Waals surface area contributed by atoms with E-state index in [4.69, 9.17) is 5.73 Å². The van der Waals surface area contributed by atoms with Gasteiger partial charge in [-0.25, -0.2) is 0 Å². The molecule has 0 aromatic heterocycles. The van der Waals surface area contributed by atoms with E-state index in [2.05, 4.69) is 10.2 Å². The summed E-state index contributed by atoms with van der Waals surface area (Å²) in [6.45, 7) is 3.58. The number of carbonyl (C=O) groups excluding carboxylic acids is 1. The zero-order valence-corrected chi connectivity index (χ0v) is 10.8. The van der Waals surface area contributed by atoms with Crippen LogP contribution >= 0.6 is 0 Å². The summed E-state index contributed by atoms with van der Waals surface area (Å²) in [5.74, 6) is -0.0563. The molecule has 94 valence electrons. The quantitative estimate of drug-likeness (QED) is 0.596. The van der Waals surface area contributed by atoms with E-state index in [1.807, 2.05) is 33.2 Å². The number of nitrogen functional groups attached to an aromatic ring is 1. The molecule has 1 amide bonds. The molecule has 0 heterocycles. The molecule has 1 aromatic rings. The zero-order chi connectivity index (χ0) is 12.8. The molecule has 17 heavy (non-hydrogen) atoms. The fourth-order valence-electron chi connectivity index (χ4n) is 1.64. The summed E-state index contributed by atoms with van der Waals surface area (Å²) in [7, 11) is 4.03. The third-order valence-electron chi connectivity index (χ3n) is 2.43. The standard InChI is InChI=1S/C13H21N3O/c1-10-7-11(9-12(14)8-10)13(17)15-5-4-6-16(2)3/h7-9H,4-6,14H2,1-3H3,(H,15,17). The minimum atomic E-state index is -0.0563. The van der Waals surface area contributed by atoms with E-state index < -0.39 is 0 Å². The zero-order valence-electron chi connectivity index (χ0n) is 10.8. The van der Waals surface area contributed by atoms with Gasteiger partial charge in [-0.05, 0) is 57.7 Å². The molecule has 0 radical (unpaired) electrons. The van der Waals surface area contributed by atoms with Crippen LogP contribution in [0, 0.1) is 6.92 Å². The van der Waals surface area contributed by atoms with E-state index in [0.29, 0.717) is 17.8 Å². The van der Waals surface area contributed by atoms with E-state index in [1.54, 1.807) is 6.07 Å². The molecule has 0 atom stereocenters. The number of carbonyl (C=O) groups is 1. The number of amides is 1. The van der Waals surface area contributed by atoms with Crippen molar-refractivity contribution in [3.63, 3.8) is 0 Å². The van der Waals surface area contributed by atoms with Crippen molar-refractivity contribution in [3.8, 4) is 0 Å². The first-order chi connectivity index (χ1) is 7.99. The molecule has 1 aromatic carbocycles. The average molecular weight is 235 g/mol. The largest absolute Gasteiger partial charge is 0.399 e. The SMILES string of the molecule is Cc1cc(N)cc(C(=O)NCCCN(C)C)c1. The van der Waals surface area contributed by atoms with Crippen molar-refractivity contribution in [2.75, 3.05) is 32.9 Å². The second kappa shape index (κ2) is 6.25. The fraction of sp³-hybridized carbons (Fsp3) is 0.462. The first-order valence-corrected chi connectivity index (χ1v) is 5.79. The molecular formula is C13H21N3O. The molecule has 0 aliphatic carbocycles. The van der Waals surface area contributed by atoms with Crippen LogP contribution in [0.4, 0.5) is 5.69 Å². The van der Waals surface area contributed by atoms with Gasteiger partial charge in [-0.2, -0.15) is 0 Å². The van der Waals surface area contributed by atoms with Crippen molar-refractivity contribution in [2.24, 2.45) is 0 Å². The van der Waals surface area contributed by atoms with Gasteiger partial charge in [-0.1, -0.05) is 0 Å². The highest BCUT2D eigenvalue weighted by Crippen LogP contribution is 2.10. The number of benzene rings is 1. The molecule has 0 saturated heterocycles. The number of rotatable bonds is 5. The van der Waals surface area contributed by atoms with Gasteiger partial charge >= 0.3 is 0 Å². The van der Waals surface area contributed by atoms with Gasteiger partial charge in [0.25, 0.3) is 5.91 Å². The van der Waals surface area contributed by atoms with Gasteiger partial charge < -0.3 is 16.0 Å². The van der Waals surface area contributed by atoms with Gasteiger partial charge in [0, 0.05) is 17.8 Å². The van der Waals surface area contributed by atoms with Crippen LogP contribution in [0.5, 0.6) is 0 Å². The monoisotopic (exact) mass is 235 g/mol. The van der Waals surface area contributed by atoms with Crippen LogP contribution in [0.1, 0.15) is 22.3 Å². The Bertz CT molecular complexity index is 368. The molecule has 0 aliphatic heterocycles. The predicted molar refractivity (Wildman–Crippen MR) is 71.1 cm³/mol. The molecule has 0 aliphatic rings. The number of aryl methyl sites for hydroxylation is 1. The van der Waals surface area contributed by atoms with Crippen LogP contribution in [0.2, 0.25) is 0 Å². The highest BCUT2D eigenvalue weighted by atomic mass is 16.1. The fourth-order valence-corrected chi connectivity index (χ4v) is 1.64. The Morgan fingerprint density at radius 2 is 2.06 bits per heavy atom. The maximum absolute atomic E-state index is 11.8. The van der Waals surface area contributed by atoms with E-state index in [9.17, 15) is 4.79 Å². The number of nitrogens with two attached hydrogens (primary N) is 1. The van der Waals surface area contributed by atoms with Crippen molar-refractivity contribution in [2.45, 2.75) is 13.3 Å². The molecule has 4 nitrogen and oxygen atoms in total. The number of hydrogen-bond acceptors (Lipinski definition) is 3. The van der Waals surface area contributed by atoms with Gasteiger partial charge in [0.15, 0.2) is 0 Å². The van der Waals surface area contributed by atoms with Gasteiger partial charge in [0.2, 0.25) is 0 Å². The van der Waals surface area contributed by atoms with Crippen LogP contribution in [0.25, 0.3) is 0 Å². The molecule has 1 rings (SSSR count). The summed E-state index contributed by atoms with van der Waals surface area (Å²) in [6, 6.07) is 5.40. The average Bonchev–Trinajstić information content (AvgIpc) is 2.22. The highest BCUT2D eigenvalue weighted by molar-refractivity contribution is 5.95. The maximum Gasteiger partial charge on any atom is 0.251 e. The Morgan fingerprint density at radius 3 is 2.65 bits per heavy atom. The van der Waals surface area contributed by atoms with Crippen molar-refractivity contribution >= 4 is 11.6 Å². The highest BCUT2D eigenvalue weighted by Gasteiger charge is 2.05. The summed E-state index contributed by atoms with van der Waals surface area (Å²) in [5, 5.41) is 2.89. The molecular weight excluding hydrogens is 214 g/mol. The normalized spacial score (nSPS) is 10.6. The number of nitrogens with one attached hydrogen (secondary N) is 1. The number of hydrogen-bond donors (Lipinski definition) is 2. The molecule has 0 fully saturated rings. The van der Waals surface area contributed by atoms with Crippen molar-refractivity contribution < 1.29 is 4.79 Å². The maximum atomic E-state index is 11.8. The summed E-state index contributed by atoms with van der Waals surface area (Å²) >= 11 is 0. The third kappa shape index (κ3) is 4.87. The first-order valence-electron chi connectivity index (χ1n) is 5.79. The van der Waals surface area contributed by atoms with E-state index >= 15 is 0 Å². The Labute approximate surface area is 103 Å². The van der Waals surface area contributed by atoms with E-state index in [-0.39, 0.29) is 5.91 Å². The summed E-state index contributed by atoms with van der Waals surface area (Å²) < 4.78 is 0. The molecule has 0 unspecified atom stereocenters. The van der Waals surface area contributed by atoms with Crippen molar-refractivity contribution in [3.05, 3.63) is 29.3 Å². The van der Waals surface area contributed by atoms with Gasteiger partial charge in [-0.3, -0.25) is 4.79 Å². The Kier molecular flexibility index (Phi) is 4.97. The van der Waals surface area contributed by atoms with Crippen LogP contribution in [0.3, 0.4) is 0 Å². The lowest BCUT2D eigenvalue weighted by Gasteiger charge is -2.10. The van der Waals surface area contributed by atoms with E-state index in [1.165, 1.54) is 0 Å². The lowest BCUT2D eigenvalue weighted by Crippen LogP contribution is -2.27. The Hall–Kier alpha value is -1.55. The molecule has 3 N–H and O–H groups in total. The minimum absolute atomic E-state index is 0.0563. The third-order valence-corrected chi connectivity index (χ3v) is 2.43. The van der Waals surface area contributed by atoms with Gasteiger partial charge in [0.1, 0.15) is 0 Å². The van der Waals surface area contributed by atoms with Crippen LogP contribution in [0.15, 0.2) is 18.2 Å². The second-order valence-corrected chi connectivity index (χ2v) is 4.55. The summed E-state index contributed by atoms with van der Waals surface area (Å²) in [5.41, 5.74) is 7.97. The van der Waals surface area contributed by atoms with Crippen LogP contribution in [-0.4, -0.2) is 38.0 Å². The minimum Gasteiger partial charge on any atom is -0.399 e. The van der Waals surface area contributed by atoms with Gasteiger partial charge in [-0.15, -0.1) is 0 Å². The summed E-state index contributed by atoms with van der Waals surface area (Å²) in [4.78, 5) is 13.9. The van der Waals surface area contributed by atoms with E-state index in [0.717, 1.165) is 18.5 Å².